The summed E-state index contributed by atoms with van der Waals surface area (Å²) in [6, 6.07) is 12.2. The molecule has 164 valence electrons. The number of nitrogens with one attached hydrogen (secondary N) is 2. The molecule has 0 fully saturated rings. The predicted octanol–water partition coefficient (Wildman–Crippen LogP) is 3.10. The van der Waals surface area contributed by atoms with Gasteiger partial charge < -0.3 is 14.8 Å². The second-order valence-electron chi connectivity index (χ2n) is 7.26. The molecule has 0 bridgehead atoms. The summed E-state index contributed by atoms with van der Waals surface area (Å²) in [5.74, 6) is 1.23. The Hall–Kier alpha value is -2.58. The van der Waals surface area contributed by atoms with E-state index in [1.807, 2.05) is 6.92 Å². The fourth-order valence-corrected chi connectivity index (χ4v) is 3.40. The van der Waals surface area contributed by atoms with E-state index in [9.17, 15) is 13.2 Å². The fourth-order valence-electron chi connectivity index (χ4n) is 2.62. The molecule has 2 aromatic rings. The molecule has 7 nitrogen and oxygen atoms in total. The monoisotopic (exact) mass is 434 g/mol. The standard InChI is InChI=1S/C22H30N2O5S/c1-5-28-21-12-19(10-11-20(21)29-14-16(2)3)22(25)24-13-17-6-8-18(9-7-17)15-30(26,27)23-4/h6-12,16,23H,5,13-15H2,1-4H3,(H,24,25). The van der Waals surface area contributed by atoms with E-state index in [4.69, 9.17) is 9.47 Å². The summed E-state index contributed by atoms with van der Waals surface area (Å²) in [5.41, 5.74) is 2.03. The highest BCUT2D eigenvalue weighted by atomic mass is 32.2. The van der Waals surface area contributed by atoms with Crippen LogP contribution in [-0.2, 0) is 22.3 Å². The van der Waals surface area contributed by atoms with E-state index in [0.717, 1.165) is 5.56 Å². The topological polar surface area (TPSA) is 93.7 Å². The van der Waals surface area contributed by atoms with E-state index in [1.54, 1.807) is 42.5 Å². The second-order valence-corrected chi connectivity index (χ2v) is 9.19. The van der Waals surface area contributed by atoms with Crippen LogP contribution in [0.4, 0.5) is 0 Å². The van der Waals surface area contributed by atoms with Crippen molar-refractivity contribution in [2.45, 2.75) is 33.1 Å². The number of carbonyl (C=O) groups excluding carboxylic acids is 1. The lowest BCUT2D eigenvalue weighted by atomic mass is 10.1. The van der Waals surface area contributed by atoms with Crippen molar-refractivity contribution in [2.75, 3.05) is 20.3 Å². The Morgan fingerprint density at radius 3 is 2.27 bits per heavy atom. The molecule has 2 aromatic carbocycles. The minimum Gasteiger partial charge on any atom is -0.490 e. The molecule has 0 unspecified atom stereocenters. The van der Waals surface area contributed by atoms with Gasteiger partial charge in [0.2, 0.25) is 10.0 Å². The van der Waals surface area contributed by atoms with Gasteiger partial charge in [-0.25, -0.2) is 13.1 Å². The summed E-state index contributed by atoms with van der Waals surface area (Å²) in [7, 11) is -1.92. The van der Waals surface area contributed by atoms with Gasteiger partial charge in [-0.3, -0.25) is 4.79 Å². The number of carbonyl (C=O) groups is 1. The molecule has 30 heavy (non-hydrogen) atoms. The SMILES string of the molecule is CCOc1cc(C(=O)NCc2ccc(CS(=O)(=O)NC)cc2)ccc1OCC(C)C. The number of ether oxygens (including phenoxy) is 2. The van der Waals surface area contributed by atoms with Gasteiger partial charge in [0.1, 0.15) is 0 Å². The van der Waals surface area contributed by atoms with Crippen molar-refractivity contribution in [1.29, 1.82) is 0 Å². The summed E-state index contributed by atoms with van der Waals surface area (Å²) in [6.45, 7) is 7.37. The predicted molar refractivity (Wildman–Crippen MR) is 117 cm³/mol. The van der Waals surface area contributed by atoms with Gasteiger partial charge in [0.25, 0.3) is 5.91 Å². The Labute approximate surface area is 178 Å². The van der Waals surface area contributed by atoms with Crippen LogP contribution in [0, 0.1) is 5.92 Å². The Morgan fingerprint density at radius 1 is 1.00 bits per heavy atom. The first kappa shape index (κ1) is 23.7. The number of benzene rings is 2. The van der Waals surface area contributed by atoms with Gasteiger partial charge >= 0.3 is 0 Å². The molecule has 0 saturated heterocycles. The number of hydrogen-bond donors (Lipinski definition) is 2. The van der Waals surface area contributed by atoms with Crippen LogP contribution in [0.2, 0.25) is 0 Å². The summed E-state index contributed by atoms with van der Waals surface area (Å²) in [6.07, 6.45) is 0. The average Bonchev–Trinajstić information content (AvgIpc) is 2.72. The van der Waals surface area contributed by atoms with Crippen molar-refractivity contribution in [3.63, 3.8) is 0 Å². The molecule has 0 aromatic heterocycles. The van der Waals surface area contributed by atoms with Crippen LogP contribution in [0.1, 0.15) is 42.3 Å². The average molecular weight is 435 g/mol. The van der Waals surface area contributed by atoms with Gasteiger partial charge in [0, 0.05) is 12.1 Å². The van der Waals surface area contributed by atoms with Crippen molar-refractivity contribution >= 4 is 15.9 Å². The number of hydrogen-bond acceptors (Lipinski definition) is 5. The Balaban J connectivity index is 2.01. The first-order chi connectivity index (χ1) is 14.2. The first-order valence-electron chi connectivity index (χ1n) is 9.91. The minimum absolute atomic E-state index is 0.0818. The van der Waals surface area contributed by atoms with E-state index < -0.39 is 10.0 Å². The zero-order valence-electron chi connectivity index (χ0n) is 17.9. The van der Waals surface area contributed by atoms with Crippen LogP contribution in [0.3, 0.4) is 0 Å². The minimum atomic E-state index is -3.31. The molecule has 0 aliphatic rings. The Morgan fingerprint density at radius 2 is 1.67 bits per heavy atom. The van der Waals surface area contributed by atoms with Gasteiger partial charge in [-0.05, 0) is 49.2 Å². The van der Waals surface area contributed by atoms with Crippen molar-refractivity contribution < 1.29 is 22.7 Å². The van der Waals surface area contributed by atoms with E-state index in [0.29, 0.717) is 48.3 Å². The molecule has 1 amide bonds. The van der Waals surface area contributed by atoms with Crippen LogP contribution in [0.25, 0.3) is 0 Å². The maximum absolute atomic E-state index is 12.6. The molecular weight excluding hydrogens is 404 g/mol. The smallest absolute Gasteiger partial charge is 0.251 e. The summed E-state index contributed by atoms with van der Waals surface area (Å²) in [5, 5.41) is 2.87. The van der Waals surface area contributed by atoms with Crippen molar-refractivity contribution in [3.8, 4) is 11.5 Å². The maximum atomic E-state index is 12.6. The quantitative estimate of drug-likeness (QED) is 0.567. The third-order valence-corrected chi connectivity index (χ3v) is 5.56. The zero-order valence-corrected chi connectivity index (χ0v) is 18.7. The van der Waals surface area contributed by atoms with Crippen LogP contribution in [0.5, 0.6) is 11.5 Å². The van der Waals surface area contributed by atoms with Crippen LogP contribution in [-0.4, -0.2) is 34.6 Å². The highest BCUT2D eigenvalue weighted by Gasteiger charge is 2.13. The Kier molecular flexibility index (Phi) is 8.68. The van der Waals surface area contributed by atoms with Gasteiger partial charge in [0.05, 0.1) is 19.0 Å². The van der Waals surface area contributed by atoms with E-state index in [-0.39, 0.29) is 11.7 Å². The van der Waals surface area contributed by atoms with Crippen molar-refractivity contribution in [1.82, 2.24) is 10.0 Å². The normalized spacial score (nSPS) is 11.4. The number of amides is 1. The van der Waals surface area contributed by atoms with Gasteiger partial charge in [0.15, 0.2) is 11.5 Å². The van der Waals surface area contributed by atoms with E-state index >= 15 is 0 Å². The lowest BCUT2D eigenvalue weighted by Gasteiger charge is -2.14. The van der Waals surface area contributed by atoms with Gasteiger partial charge in [-0.2, -0.15) is 0 Å². The van der Waals surface area contributed by atoms with Crippen LogP contribution < -0.4 is 19.5 Å². The fraction of sp³-hybridized carbons (Fsp3) is 0.409. The molecule has 2 rings (SSSR count). The molecular formula is C22H30N2O5S. The second kappa shape index (κ2) is 11.0. The van der Waals surface area contributed by atoms with Crippen LogP contribution in [0.15, 0.2) is 42.5 Å². The molecule has 0 spiro atoms. The maximum Gasteiger partial charge on any atom is 0.251 e. The summed E-state index contributed by atoms with van der Waals surface area (Å²) < 4.78 is 36.9. The summed E-state index contributed by atoms with van der Waals surface area (Å²) in [4.78, 5) is 12.6. The highest BCUT2D eigenvalue weighted by molar-refractivity contribution is 7.88. The highest BCUT2D eigenvalue weighted by Crippen LogP contribution is 2.29. The van der Waals surface area contributed by atoms with Gasteiger partial charge in [-0.15, -0.1) is 0 Å². The van der Waals surface area contributed by atoms with Crippen LogP contribution >= 0.6 is 0 Å². The summed E-state index contributed by atoms with van der Waals surface area (Å²) >= 11 is 0. The lowest BCUT2D eigenvalue weighted by molar-refractivity contribution is 0.0950. The third kappa shape index (κ3) is 7.35. The molecule has 2 N–H and O–H groups in total. The molecule has 0 heterocycles. The Bertz CT molecular complexity index is 941. The van der Waals surface area contributed by atoms with Crippen molar-refractivity contribution in [3.05, 3.63) is 59.2 Å². The molecule has 8 heteroatoms. The van der Waals surface area contributed by atoms with Gasteiger partial charge in [-0.1, -0.05) is 38.1 Å². The molecule has 0 radical (unpaired) electrons. The third-order valence-electron chi connectivity index (χ3n) is 4.22. The molecule has 0 aliphatic heterocycles. The molecule has 0 saturated carbocycles. The van der Waals surface area contributed by atoms with E-state index in [2.05, 4.69) is 23.9 Å². The number of sulfonamides is 1. The van der Waals surface area contributed by atoms with Crippen molar-refractivity contribution in [2.24, 2.45) is 5.92 Å². The molecule has 0 atom stereocenters. The zero-order chi connectivity index (χ0) is 22.1. The first-order valence-corrected chi connectivity index (χ1v) is 11.6. The van der Waals surface area contributed by atoms with E-state index in [1.165, 1.54) is 7.05 Å². The lowest BCUT2D eigenvalue weighted by Crippen LogP contribution is -2.23. The molecule has 0 aliphatic carbocycles. The number of rotatable bonds is 11. The largest absolute Gasteiger partial charge is 0.490 e.